The first-order valence-corrected chi connectivity index (χ1v) is 21.2. The van der Waals surface area contributed by atoms with E-state index in [1.54, 1.807) is 0 Å². The maximum absolute atomic E-state index is 6.21. The topological polar surface area (TPSA) is 52.6 Å². The summed E-state index contributed by atoms with van der Waals surface area (Å²) in [7, 11) is 0. The van der Waals surface area contributed by atoms with E-state index in [-0.39, 0.29) is 17.9 Å². The summed E-state index contributed by atoms with van der Waals surface area (Å²) >= 11 is 12.1. The average molecular weight is 1060 g/mol. The molecule has 0 spiro atoms. The number of hydrogen-bond donors (Lipinski definition) is 1. The van der Waals surface area contributed by atoms with Gasteiger partial charge in [0.05, 0.1) is 9.42 Å². The first kappa shape index (κ1) is 36.7. The molecule has 0 aromatic heterocycles. The molecule has 0 amide bonds. The molecule has 2 aliphatic rings. The molecule has 53 heavy (non-hydrogen) atoms. The van der Waals surface area contributed by atoms with Crippen LogP contribution in [0.2, 0.25) is 0 Å². The van der Waals surface area contributed by atoms with Crippen LogP contribution < -0.4 is 23.7 Å². The molecular formula is C42H33I3N2O5S. The van der Waals surface area contributed by atoms with Gasteiger partial charge in [-0.1, -0.05) is 83.3 Å². The third-order valence-electron chi connectivity index (χ3n) is 8.85. The van der Waals surface area contributed by atoms with Crippen LogP contribution in [0.3, 0.4) is 0 Å². The quantitative estimate of drug-likeness (QED) is 0.0635. The lowest BCUT2D eigenvalue weighted by Crippen LogP contribution is -2.39. The highest BCUT2D eigenvalue weighted by Gasteiger charge is 2.33. The minimum atomic E-state index is -0.137. The number of benzene rings is 6. The number of rotatable bonds is 10. The van der Waals surface area contributed by atoms with Crippen molar-refractivity contribution in [2.24, 2.45) is 0 Å². The third kappa shape index (κ3) is 8.70. The molecule has 2 aliphatic heterocycles. The van der Waals surface area contributed by atoms with Crippen molar-refractivity contribution in [1.82, 2.24) is 9.80 Å². The highest BCUT2D eigenvalue weighted by Crippen LogP contribution is 2.44. The van der Waals surface area contributed by atoms with Gasteiger partial charge in [0.15, 0.2) is 0 Å². The third-order valence-corrected chi connectivity index (χ3v) is 12.8. The summed E-state index contributed by atoms with van der Waals surface area (Å²) < 4.78 is 30.8. The van der Waals surface area contributed by atoms with E-state index in [0.717, 1.165) is 52.2 Å². The van der Waals surface area contributed by atoms with Gasteiger partial charge in [-0.25, -0.2) is 9.80 Å². The second-order valence-electron chi connectivity index (χ2n) is 12.5. The number of ether oxygens (including phenoxy) is 5. The molecule has 0 fully saturated rings. The molecule has 0 saturated heterocycles. The van der Waals surface area contributed by atoms with E-state index >= 15 is 0 Å². The number of hydrogen-bond acceptors (Lipinski definition) is 8. The van der Waals surface area contributed by atoms with Gasteiger partial charge in [0.1, 0.15) is 46.0 Å². The Hall–Kier alpha value is -3.22. The predicted octanol–water partition coefficient (Wildman–Crippen LogP) is 12.7. The second-order valence-corrected chi connectivity index (χ2v) is 16.3. The van der Waals surface area contributed by atoms with Crippen molar-refractivity contribution < 1.29 is 23.7 Å². The Bertz CT molecular complexity index is 2170. The molecule has 6 aromatic rings. The predicted molar refractivity (Wildman–Crippen MR) is 235 cm³/mol. The van der Waals surface area contributed by atoms with E-state index in [0.29, 0.717) is 18.0 Å². The van der Waals surface area contributed by atoms with Crippen molar-refractivity contribution in [3.8, 4) is 46.0 Å². The Morgan fingerprint density at radius 1 is 0.472 bits per heavy atom. The van der Waals surface area contributed by atoms with Crippen LogP contribution in [0.4, 0.5) is 0 Å². The minimum absolute atomic E-state index is 0.0488. The van der Waals surface area contributed by atoms with Crippen LogP contribution >= 0.6 is 80.4 Å². The number of halogens is 3. The van der Waals surface area contributed by atoms with Gasteiger partial charge in [0.25, 0.3) is 0 Å². The zero-order valence-electron chi connectivity index (χ0n) is 28.1. The lowest BCUT2D eigenvalue weighted by Gasteiger charge is -2.38. The molecule has 4 atom stereocenters. The van der Waals surface area contributed by atoms with Crippen LogP contribution in [0.15, 0.2) is 146 Å². The Kier molecular flexibility index (Phi) is 11.5. The van der Waals surface area contributed by atoms with Gasteiger partial charge < -0.3 is 23.7 Å². The molecule has 0 bridgehead atoms. The molecule has 268 valence electrons. The van der Waals surface area contributed by atoms with E-state index in [1.807, 2.05) is 103 Å². The minimum Gasteiger partial charge on any atom is -0.466 e. The maximum Gasteiger partial charge on any atom is 0.206 e. The summed E-state index contributed by atoms with van der Waals surface area (Å²) in [5, 5.41) is -0.0703. The molecule has 7 nitrogen and oxygen atoms in total. The first-order valence-electron chi connectivity index (χ1n) is 16.9. The maximum atomic E-state index is 6.21. The fourth-order valence-electron chi connectivity index (χ4n) is 6.16. The summed E-state index contributed by atoms with van der Waals surface area (Å²) in [5.74, 6) is 6.23. The van der Waals surface area contributed by atoms with Crippen molar-refractivity contribution in [2.45, 2.75) is 31.0 Å². The lowest BCUT2D eigenvalue weighted by molar-refractivity contribution is 0.0691. The van der Waals surface area contributed by atoms with Crippen LogP contribution in [0.1, 0.15) is 31.7 Å². The number of alkyl halides is 3. The summed E-state index contributed by atoms with van der Waals surface area (Å²) in [4.78, 5) is 4.54. The number of nitrogens with zero attached hydrogens (tertiary/aromatic N) is 2. The van der Waals surface area contributed by atoms with Gasteiger partial charge in [-0.15, -0.1) is 0 Å². The highest BCUT2D eigenvalue weighted by atomic mass is 127. The molecule has 2 heterocycles. The molecule has 6 aromatic carbocycles. The van der Waals surface area contributed by atoms with E-state index in [2.05, 4.69) is 120 Å². The fourth-order valence-corrected chi connectivity index (χ4v) is 10.0. The molecule has 0 aliphatic carbocycles. The summed E-state index contributed by atoms with van der Waals surface area (Å²) in [6.45, 7) is 1.43. The average Bonchev–Trinajstić information content (AvgIpc) is 3.17. The summed E-state index contributed by atoms with van der Waals surface area (Å²) in [5.41, 5.74) is 4.56. The molecule has 0 radical (unpaired) electrons. The molecule has 4 unspecified atom stereocenters. The normalized spacial score (nSPS) is 19.6. The Labute approximate surface area is 355 Å². The Morgan fingerprint density at radius 2 is 0.925 bits per heavy atom. The van der Waals surface area contributed by atoms with Gasteiger partial charge in [-0.3, -0.25) is 0 Å². The van der Waals surface area contributed by atoms with E-state index in [9.17, 15) is 0 Å². The van der Waals surface area contributed by atoms with E-state index in [1.165, 1.54) is 11.1 Å². The van der Waals surface area contributed by atoms with Crippen LogP contribution in [0.5, 0.6) is 46.0 Å². The summed E-state index contributed by atoms with van der Waals surface area (Å²) in [6.07, 6.45) is 0. The highest BCUT2D eigenvalue weighted by molar-refractivity contribution is 14.1. The van der Waals surface area contributed by atoms with Gasteiger partial charge in [-0.2, -0.15) is 12.6 Å². The molecule has 0 saturated carbocycles. The first-order chi connectivity index (χ1) is 25.9. The van der Waals surface area contributed by atoms with Gasteiger partial charge in [-0.05, 0) is 141 Å². The van der Waals surface area contributed by atoms with Crippen molar-refractivity contribution in [3.05, 3.63) is 168 Å². The van der Waals surface area contributed by atoms with Crippen LogP contribution in [0.25, 0.3) is 0 Å². The Balaban J connectivity index is 0.833. The van der Waals surface area contributed by atoms with Gasteiger partial charge in [0.2, 0.25) is 8.47 Å². The fraction of sp³-hybridized carbons (Fsp3) is 0.143. The zero-order valence-corrected chi connectivity index (χ0v) is 35.5. The van der Waals surface area contributed by atoms with Gasteiger partial charge >= 0.3 is 0 Å². The standard InChI is InChI=1S/C42H33I3N2O5S/c43-39-35-8-1-3-10-37(35)51-41(44)46(39)25-27-12-14-29(15-13-27)48-30-16-18-31(19-17-30)49-32-20-22-33(23-21-32)50-34-7-5-6-28(24-34)26-47-40(53)36-9-2-4-11-38(36)52-42(47)45/h1-24,39-42,53H,25-26H2. The van der Waals surface area contributed by atoms with Crippen LogP contribution in [0, 0.1) is 0 Å². The molecule has 11 heteroatoms. The number of thiol groups is 1. The SMILES string of the molecule is SC1c2ccccc2OC(I)N1Cc1cccc(Oc2ccc(Oc3ccc(Oc4ccc(CN5C(I)Oc6ccccc6C5I)cc4)cc3)cc2)c1. The molecular weight excluding hydrogens is 1030 g/mol. The molecule has 0 N–H and O–H groups in total. The lowest BCUT2D eigenvalue weighted by atomic mass is 10.1. The molecule has 8 rings (SSSR count). The largest absolute Gasteiger partial charge is 0.466 e. The van der Waals surface area contributed by atoms with Crippen molar-refractivity contribution >= 4 is 80.4 Å². The summed E-state index contributed by atoms with van der Waals surface area (Å²) in [6, 6.07) is 47.8. The van der Waals surface area contributed by atoms with E-state index < -0.39 is 0 Å². The van der Waals surface area contributed by atoms with Crippen LogP contribution in [-0.2, 0) is 13.1 Å². The number of fused-ring (bicyclic) bond motifs is 2. The second kappa shape index (κ2) is 16.7. The van der Waals surface area contributed by atoms with Crippen molar-refractivity contribution in [3.63, 3.8) is 0 Å². The van der Waals surface area contributed by atoms with Crippen molar-refractivity contribution in [2.75, 3.05) is 0 Å². The van der Waals surface area contributed by atoms with Crippen LogP contribution in [-0.4, -0.2) is 18.3 Å². The van der Waals surface area contributed by atoms with Crippen molar-refractivity contribution in [1.29, 1.82) is 0 Å². The van der Waals surface area contributed by atoms with Gasteiger partial charge in [0, 0.05) is 24.2 Å². The Morgan fingerprint density at radius 3 is 1.51 bits per heavy atom. The number of para-hydroxylation sites is 2. The monoisotopic (exact) mass is 1060 g/mol. The zero-order chi connectivity index (χ0) is 36.3. The smallest absolute Gasteiger partial charge is 0.206 e. The van der Waals surface area contributed by atoms with E-state index in [4.69, 9.17) is 36.3 Å².